The zero-order chi connectivity index (χ0) is 30.7. The van der Waals surface area contributed by atoms with Crippen LogP contribution < -0.4 is 9.62 Å². The van der Waals surface area contributed by atoms with Crippen molar-refractivity contribution < 1.29 is 30.5 Å². The largest absolute Gasteiger partial charge is 0.418 e. The highest BCUT2D eigenvalue weighted by atomic mass is 32.2. The van der Waals surface area contributed by atoms with Crippen LogP contribution >= 0.6 is 0 Å². The van der Waals surface area contributed by atoms with Gasteiger partial charge in [0.25, 0.3) is 10.0 Å². The molecule has 4 bridgehead atoms. The second kappa shape index (κ2) is 11.7. The second-order valence-electron chi connectivity index (χ2n) is 9.51. The molecule has 2 aromatic heterocycles. The average Bonchev–Trinajstić information content (AvgIpc) is 2.90. The molecule has 3 heterocycles. The van der Waals surface area contributed by atoms with Crippen molar-refractivity contribution in [3.8, 4) is 11.3 Å². The van der Waals surface area contributed by atoms with Gasteiger partial charge in [-0.25, -0.2) is 9.97 Å². The maximum Gasteiger partial charge on any atom is 0.418 e. The molecule has 0 unspecified atom stereocenters. The van der Waals surface area contributed by atoms with E-state index in [1.807, 2.05) is 4.90 Å². The standard InChI is InChI=1S/C28H31F3N4O3S/c1-19-12-13-21-9-4-3-5-16-35(17-7-8-20(2)36)25-10-6-11-26(33-25)39(37,38)34-24-15-14-23(28(29,30)31)27(32-24)22(21)18-19/h6,10-15,18H,3-5,7-9,16-17H2,1-2H3,(H,32,34)/i1D3. The molecule has 0 atom stereocenters. The number of hydrogen-bond acceptors (Lipinski definition) is 6. The lowest BCUT2D eigenvalue weighted by molar-refractivity contribution is -0.137. The van der Waals surface area contributed by atoms with E-state index in [4.69, 9.17) is 4.11 Å². The third-order valence-corrected chi connectivity index (χ3v) is 7.70. The molecule has 3 aromatic rings. The van der Waals surface area contributed by atoms with E-state index in [-0.39, 0.29) is 27.8 Å². The lowest BCUT2D eigenvalue weighted by Crippen LogP contribution is -2.28. The number of fused-ring (bicyclic) bond motifs is 6. The first-order valence-electron chi connectivity index (χ1n) is 14.1. The van der Waals surface area contributed by atoms with Gasteiger partial charge in [-0.1, -0.05) is 30.2 Å². The highest BCUT2D eigenvalue weighted by Crippen LogP contribution is 2.39. The summed E-state index contributed by atoms with van der Waals surface area (Å²) in [6, 6.07) is 10.2. The molecule has 0 spiro atoms. The van der Waals surface area contributed by atoms with E-state index < -0.39 is 34.3 Å². The normalized spacial score (nSPS) is 17.2. The molecule has 0 fully saturated rings. The number of benzene rings is 1. The van der Waals surface area contributed by atoms with Crippen molar-refractivity contribution in [2.75, 3.05) is 22.7 Å². The molecular formula is C28H31F3N4O3S. The van der Waals surface area contributed by atoms with E-state index in [1.54, 1.807) is 6.07 Å². The van der Waals surface area contributed by atoms with Crippen molar-refractivity contribution in [2.45, 2.75) is 63.5 Å². The number of anilines is 2. The van der Waals surface area contributed by atoms with Gasteiger partial charge < -0.3 is 9.69 Å². The number of pyridine rings is 2. The van der Waals surface area contributed by atoms with Crippen molar-refractivity contribution in [1.29, 1.82) is 0 Å². The minimum Gasteiger partial charge on any atom is -0.357 e. The minimum absolute atomic E-state index is 0.0185. The van der Waals surface area contributed by atoms with Crippen LogP contribution in [-0.4, -0.2) is 37.3 Å². The van der Waals surface area contributed by atoms with Crippen LogP contribution in [0.4, 0.5) is 24.8 Å². The van der Waals surface area contributed by atoms with E-state index in [2.05, 4.69) is 14.7 Å². The van der Waals surface area contributed by atoms with Crippen molar-refractivity contribution >= 4 is 27.4 Å². The van der Waals surface area contributed by atoms with Gasteiger partial charge in [-0.3, -0.25) is 4.72 Å². The van der Waals surface area contributed by atoms with Crippen LogP contribution in [0.1, 0.15) is 59.8 Å². The smallest absolute Gasteiger partial charge is 0.357 e. The molecule has 1 N–H and O–H groups in total. The van der Waals surface area contributed by atoms with Gasteiger partial charge in [-0.2, -0.15) is 21.6 Å². The minimum atomic E-state index is -4.84. The Labute approximate surface area is 230 Å². The van der Waals surface area contributed by atoms with Crippen molar-refractivity contribution in [2.24, 2.45) is 0 Å². The molecule has 7 nitrogen and oxygen atoms in total. The Morgan fingerprint density at radius 1 is 1.10 bits per heavy atom. The van der Waals surface area contributed by atoms with Gasteiger partial charge in [-0.05, 0) is 75.4 Å². The first kappa shape index (κ1) is 24.6. The monoisotopic (exact) mass is 563 g/mol. The predicted molar refractivity (Wildman–Crippen MR) is 144 cm³/mol. The number of hydrogen-bond donors (Lipinski definition) is 1. The van der Waals surface area contributed by atoms with Crippen molar-refractivity contribution in [3.05, 3.63) is 65.2 Å². The summed E-state index contributed by atoms with van der Waals surface area (Å²) in [6.07, 6.45) is -1.61. The highest BCUT2D eigenvalue weighted by molar-refractivity contribution is 7.92. The lowest BCUT2D eigenvalue weighted by atomic mass is 9.94. The van der Waals surface area contributed by atoms with E-state index in [0.29, 0.717) is 63.0 Å². The summed E-state index contributed by atoms with van der Waals surface area (Å²) < 4.78 is 94.7. The number of halogens is 3. The average molecular weight is 564 g/mol. The van der Waals surface area contributed by atoms with Crippen molar-refractivity contribution in [1.82, 2.24) is 9.97 Å². The molecule has 1 aromatic carbocycles. The van der Waals surface area contributed by atoms with Gasteiger partial charge in [-0.15, -0.1) is 0 Å². The number of aryl methyl sites for hydroxylation is 2. The number of carbonyl (C=O) groups is 1. The van der Waals surface area contributed by atoms with Gasteiger partial charge in [0.1, 0.15) is 17.4 Å². The van der Waals surface area contributed by atoms with Crippen LogP contribution in [0.15, 0.2) is 53.6 Å². The number of aromatic nitrogens is 2. The Hall–Kier alpha value is -3.47. The van der Waals surface area contributed by atoms with Gasteiger partial charge in [0.15, 0.2) is 5.03 Å². The number of Topliss-reactive ketones (excluding diaryl/α,β-unsaturated/α-hetero) is 1. The second-order valence-corrected chi connectivity index (χ2v) is 11.1. The summed E-state index contributed by atoms with van der Waals surface area (Å²) in [5.74, 6) is 0.0691. The van der Waals surface area contributed by atoms with Crippen LogP contribution in [0.3, 0.4) is 0 Å². The van der Waals surface area contributed by atoms with Gasteiger partial charge in [0.2, 0.25) is 0 Å². The molecule has 0 aliphatic carbocycles. The zero-order valence-corrected chi connectivity index (χ0v) is 22.2. The summed E-state index contributed by atoms with van der Waals surface area (Å²) in [4.78, 5) is 21.8. The Bertz CT molecular complexity index is 1560. The number of sulfonamides is 1. The fourth-order valence-electron chi connectivity index (χ4n) is 4.54. The SMILES string of the molecule is [2H]C([2H])([2H])c1ccc2c(c1)-c1nc(ccc1C(F)(F)F)NS(=O)(=O)c1cccc(n1)N(CCCC(C)=O)CCCCC2. The molecule has 1 aliphatic heterocycles. The summed E-state index contributed by atoms with van der Waals surface area (Å²) >= 11 is 0. The van der Waals surface area contributed by atoms with Crippen LogP contribution in [0, 0.1) is 6.85 Å². The van der Waals surface area contributed by atoms with Gasteiger partial charge >= 0.3 is 6.18 Å². The molecule has 1 aliphatic rings. The molecule has 0 amide bonds. The van der Waals surface area contributed by atoms with Crippen LogP contribution in [0.5, 0.6) is 0 Å². The Kier molecular flexibility index (Phi) is 7.39. The van der Waals surface area contributed by atoms with Crippen LogP contribution in [-0.2, 0) is 27.4 Å². The van der Waals surface area contributed by atoms with Crippen LogP contribution in [0.2, 0.25) is 0 Å². The molecule has 0 saturated heterocycles. The number of nitrogens with one attached hydrogen (secondary N) is 1. The van der Waals surface area contributed by atoms with Gasteiger partial charge in [0.05, 0.1) is 11.3 Å². The molecular weight excluding hydrogens is 529 g/mol. The number of ketones is 1. The molecule has 0 saturated carbocycles. The molecule has 39 heavy (non-hydrogen) atoms. The summed E-state index contributed by atoms with van der Waals surface area (Å²) in [7, 11) is -4.37. The zero-order valence-electron chi connectivity index (χ0n) is 24.4. The number of alkyl halides is 3. The predicted octanol–water partition coefficient (Wildman–Crippen LogP) is 6.17. The molecule has 11 heteroatoms. The van der Waals surface area contributed by atoms with Gasteiger partial charge in [0, 0.05) is 29.2 Å². The summed E-state index contributed by atoms with van der Waals surface area (Å²) in [5.41, 5.74) is -1.38. The van der Waals surface area contributed by atoms with E-state index in [0.717, 1.165) is 12.1 Å². The number of nitrogens with zero attached hydrogens (tertiary/aromatic N) is 3. The first-order chi connectivity index (χ1) is 19.6. The van der Waals surface area contributed by atoms with Crippen molar-refractivity contribution in [3.63, 3.8) is 0 Å². The topological polar surface area (TPSA) is 92.3 Å². The molecule has 4 rings (SSSR count). The maximum absolute atomic E-state index is 14.1. The number of carbonyl (C=O) groups excluding carboxylic acids is 1. The third kappa shape index (κ3) is 7.14. The quantitative estimate of drug-likeness (QED) is 0.408. The van der Waals surface area contributed by atoms with E-state index in [1.165, 1.54) is 37.3 Å². The molecule has 0 radical (unpaired) electrons. The highest BCUT2D eigenvalue weighted by Gasteiger charge is 2.35. The molecule has 208 valence electrons. The summed E-state index contributed by atoms with van der Waals surface area (Å²) in [6.45, 7) is -0.0744. The first-order valence-corrected chi connectivity index (χ1v) is 14.1. The Morgan fingerprint density at radius 2 is 1.92 bits per heavy atom. The van der Waals surface area contributed by atoms with E-state index in [9.17, 15) is 26.4 Å². The fraction of sp³-hybridized carbons (Fsp3) is 0.393. The Morgan fingerprint density at radius 3 is 2.67 bits per heavy atom. The lowest BCUT2D eigenvalue weighted by Gasteiger charge is -2.24. The number of rotatable bonds is 4. The maximum atomic E-state index is 14.1. The summed E-state index contributed by atoms with van der Waals surface area (Å²) in [5, 5.41) is -0.350. The van der Waals surface area contributed by atoms with E-state index >= 15 is 0 Å². The fourth-order valence-corrected chi connectivity index (χ4v) is 5.50. The third-order valence-electron chi connectivity index (χ3n) is 6.44. The van der Waals surface area contributed by atoms with Crippen LogP contribution in [0.25, 0.3) is 11.3 Å². The Balaban J connectivity index is 1.85.